The lowest BCUT2D eigenvalue weighted by molar-refractivity contribution is -0.132. The van der Waals surface area contributed by atoms with E-state index in [4.69, 9.17) is 10.4 Å². The summed E-state index contributed by atoms with van der Waals surface area (Å²) in [6, 6.07) is 9.49. The van der Waals surface area contributed by atoms with E-state index in [2.05, 4.69) is 6.07 Å². The van der Waals surface area contributed by atoms with Crippen LogP contribution in [-0.4, -0.2) is 29.6 Å². The van der Waals surface area contributed by atoms with E-state index in [9.17, 15) is 4.79 Å². The van der Waals surface area contributed by atoms with Crippen LogP contribution in [0.5, 0.6) is 0 Å². The smallest absolute Gasteiger partial charge is 0.330 e. The molecule has 18 heavy (non-hydrogen) atoms. The summed E-state index contributed by atoms with van der Waals surface area (Å²) in [4.78, 5) is 12.6. The average molecular weight is 244 g/mol. The van der Waals surface area contributed by atoms with Crippen molar-refractivity contribution < 1.29 is 9.90 Å². The molecule has 0 fully saturated rings. The number of carbonyl (C=O) groups is 1. The van der Waals surface area contributed by atoms with Gasteiger partial charge in [0.15, 0.2) is 0 Å². The summed E-state index contributed by atoms with van der Waals surface area (Å²) in [7, 11) is 1.91. The van der Waals surface area contributed by atoms with Crippen molar-refractivity contribution in [3.63, 3.8) is 0 Å². The second-order valence-electron chi connectivity index (χ2n) is 4.20. The molecule has 0 spiro atoms. The zero-order chi connectivity index (χ0) is 13.5. The molecule has 0 atom stereocenters. The Kier molecular flexibility index (Phi) is 5.09. The van der Waals surface area contributed by atoms with Crippen molar-refractivity contribution in [1.82, 2.24) is 4.90 Å². The van der Waals surface area contributed by atoms with Crippen LogP contribution in [0.25, 0.3) is 0 Å². The fourth-order valence-electron chi connectivity index (χ4n) is 1.50. The number of carboxylic acid groups (broad SMARTS) is 1. The number of benzene rings is 1. The zero-order valence-electron chi connectivity index (χ0n) is 10.6. The lowest BCUT2D eigenvalue weighted by Gasteiger charge is -2.14. The molecule has 4 nitrogen and oxygen atoms in total. The maximum atomic E-state index is 10.6. The second kappa shape index (κ2) is 6.58. The van der Waals surface area contributed by atoms with Gasteiger partial charge in [0.25, 0.3) is 0 Å². The molecule has 0 unspecified atom stereocenters. The van der Waals surface area contributed by atoms with Gasteiger partial charge in [-0.05, 0) is 31.7 Å². The van der Waals surface area contributed by atoms with E-state index >= 15 is 0 Å². The fourth-order valence-corrected chi connectivity index (χ4v) is 1.50. The maximum Gasteiger partial charge on any atom is 0.330 e. The van der Waals surface area contributed by atoms with Gasteiger partial charge in [-0.1, -0.05) is 18.2 Å². The molecule has 4 heteroatoms. The maximum absolute atomic E-state index is 10.6. The molecule has 0 heterocycles. The molecule has 1 N–H and O–H groups in total. The first-order valence-corrected chi connectivity index (χ1v) is 5.60. The van der Waals surface area contributed by atoms with Crippen LogP contribution in [0, 0.1) is 11.3 Å². The summed E-state index contributed by atoms with van der Waals surface area (Å²) in [5.74, 6) is -0.894. The molecule has 0 bridgehead atoms. The minimum absolute atomic E-state index is 0.340. The first-order chi connectivity index (χ1) is 8.52. The topological polar surface area (TPSA) is 64.3 Å². The third-order valence-electron chi connectivity index (χ3n) is 2.56. The first-order valence-electron chi connectivity index (χ1n) is 5.60. The van der Waals surface area contributed by atoms with E-state index in [-0.39, 0.29) is 0 Å². The summed E-state index contributed by atoms with van der Waals surface area (Å²) in [6.07, 6.45) is 1.68. The summed E-state index contributed by atoms with van der Waals surface area (Å²) in [5, 5.41) is 17.5. The number of nitriles is 1. The van der Waals surface area contributed by atoms with Crippen LogP contribution in [0.2, 0.25) is 0 Å². The van der Waals surface area contributed by atoms with E-state index < -0.39 is 5.97 Å². The van der Waals surface area contributed by atoms with E-state index in [1.165, 1.54) is 0 Å². The Morgan fingerprint density at radius 1 is 1.56 bits per heavy atom. The van der Waals surface area contributed by atoms with Crippen molar-refractivity contribution in [2.75, 3.05) is 13.6 Å². The third kappa shape index (κ3) is 4.40. The number of nitrogens with zero attached hydrogens (tertiary/aromatic N) is 2. The lowest BCUT2D eigenvalue weighted by Crippen LogP contribution is -2.18. The molecular formula is C14H16N2O2. The van der Waals surface area contributed by atoms with Gasteiger partial charge < -0.3 is 5.11 Å². The molecule has 0 radical (unpaired) electrons. The predicted octanol–water partition coefficient (Wildman–Crippen LogP) is 2.02. The van der Waals surface area contributed by atoms with Gasteiger partial charge >= 0.3 is 5.97 Å². The van der Waals surface area contributed by atoms with E-state index in [1.807, 2.05) is 30.1 Å². The minimum Gasteiger partial charge on any atom is -0.478 e. The average Bonchev–Trinajstić information content (AvgIpc) is 2.36. The van der Waals surface area contributed by atoms with Crippen LogP contribution in [-0.2, 0) is 11.3 Å². The molecule has 0 aliphatic heterocycles. The van der Waals surface area contributed by atoms with Gasteiger partial charge in [-0.2, -0.15) is 5.26 Å². The monoisotopic (exact) mass is 244 g/mol. The van der Waals surface area contributed by atoms with E-state index in [0.29, 0.717) is 24.2 Å². The largest absolute Gasteiger partial charge is 0.478 e. The first kappa shape index (κ1) is 13.9. The molecule has 1 rings (SSSR count). The Morgan fingerprint density at radius 2 is 2.28 bits per heavy atom. The van der Waals surface area contributed by atoms with Crippen molar-refractivity contribution in [2.24, 2.45) is 0 Å². The van der Waals surface area contributed by atoms with E-state index in [0.717, 1.165) is 5.56 Å². The van der Waals surface area contributed by atoms with Crippen LogP contribution in [0.1, 0.15) is 18.1 Å². The van der Waals surface area contributed by atoms with Crippen LogP contribution >= 0.6 is 0 Å². The highest BCUT2D eigenvalue weighted by Crippen LogP contribution is 2.07. The Labute approximate surface area is 107 Å². The third-order valence-corrected chi connectivity index (χ3v) is 2.56. The molecule has 1 aromatic rings. The standard InChI is InChI=1S/C14H16N2O2/c1-11(14(17)18)6-7-16(2)10-13-5-3-4-12(8-13)9-15/h3-6,8H,7,10H2,1-2H3,(H,17,18). The molecular weight excluding hydrogens is 228 g/mol. The second-order valence-corrected chi connectivity index (χ2v) is 4.20. The van der Waals surface area contributed by atoms with Crippen molar-refractivity contribution in [3.05, 3.63) is 47.0 Å². The molecule has 0 amide bonds. The normalized spacial score (nSPS) is 11.3. The van der Waals surface area contributed by atoms with Crippen molar-refractivity contribution >= 4 is 5.97 Å². The SMILES string of the molecule is CC(=CCN(C)Cc1cccc(C#N)c1)C(=O)O. The number of rotatable bonds is 5. The molecule has 94 valence electrons. The van der Waals surface area contributed by atoms with E-state index in [1.54, 1.807) is 19.1 Å². The number of hydrogen-bond acceptors (Lipinski definition) is 3. The summed E-state index contributed by atoms with van der Waals surface area (Å²) in [5.41, 5.74) is 2.02. The molecule has 0 aliphatic rings. The van der Waals surface area contributed by atoms with Gasteiger partial charge in [0.2, 0.25) is 0 Å². The van der Waals surface area contributed by atoms with Gasteiger partial charge in [0.1, 0.15) is 0 Å². The quantitative estimate of drug-likeness (QED) is 0.805. The lowest BCUT2D eigenvalue weighted by atomic mass is 10.1. The van der Waals surface area contributed by atoms with Crippen LogP contribution < -0.4 is 0 Å². The highest BCUT2D eigenvalue weighted by molar-refractivity contribution is 5.85. The van der Waals surface area contributed by atoms with Gasteiger partial charge in [0, 0.05) is 18.7 Å². The Morgan fingerprint density at radius 3 is 2.89 bits per heavy atom. The van der Waals surface area contributed by atoms with Gasteiger partial charge in [-0.15, -0.1) is 0 Å². The fraction of sp³-hybridized carbons (Fsp3) is 0.286. The summed E-state index contributed by atoms with van der Waals surface area (Å²) >= 11 is 0. The predicted molar refractivity (Wildman–Crippen MR) is 68.9 cm³/mol. The number of hydrogen-bond donors (Lipinski definition) is 1. The Bertz CT molecular complexity index is 501. The Hall–Kier alpha value is -2.12. The molecule has 0 saturated carbocycles. The minimum atomic E-state index is -0.894. The molecule has 0 saturated heterocycles. The van der Waals surface area contributed by atoms with Crippen LogP contribution in [0.15, 0.2) is 35.9 Å². The molecule has 0 aromatic heterocycles. The summed E-state index contributed by atoms with van der Waals surface area (Å²) in [6.45, 7) is 2.82. The number of aliphatic carboxylic acids is 1. The molecule has 0 aliphatic carbocycles. The summed E-state index contributed by atoms with van der Waals surface area (Å²) < 4.78 is 0. The highest BCUT2D eigenvalue weighted by atomic mass is 16.4. The molecule has 1 aromatic carbocycles. The van der Waals surface area contributed by atoms with Gasteiger partial charge in [0.05, 0.1) is 11.6 Å². The van der Waals surface area contributed by atoms with Gasteiger partial charge in [-0.3, -0.25) is 4.90 Å². The van der Waals surface area contributed by atoms with Crippen molar-refractivity contribution in [2.45, 2.75) is 13.5 Å². The Balaban J connectivity index is 2.60. The highest BCUT2D eigenvalue weighted by Gasteiger charge is 2.02. The van der Waals surface area contributed by atoms with Crippen molar-refractivity contribution in [3.8, 4) is 6.07 Å². The van der Waals surface area contributed by atoms with Crippen LogP contribution in [0.3, 0.4) is 0 Å². The van der Waals surface area contributed by atoms with Crippen LogP contribution in [0.4, 0.5) is 0 Å². The zero-order valence-corrected chi connectivity index (χ0v) is 10.6. The number of likely N-dealkylation sites (N-methyl/N-ethyl adjacent to an activating group) is 1. The van der Waals surface area contributed by atoms with Crippen molar-refractivity contribution in [1.29, 1.82) is 5.26 Å². The van der Waals surface area contributed by atoms with Gasteiger partial charge in [-0.25, -0.2) is 4.79 Å². The number of carboxylic acids is 1.